The molecule has 0 amide bonds. The molecule has 2 nitrogen and oxygen atoms in total. The molecule has 2 atom stereocenters. The van der Waals surface area contributed by atoms with Crippen LogP contribution in [0.3, 0.4) is 0 Å². The summed E-state index contributed by atoms with van der Waals surface area (Å²) in [6.07, 6.45) is 6.88. The van der Waals surface area contributed by atoms with Crippen LogP contribution in [-0.2, 0) is 4.74 Å². The van der Waals surface area contributed by atoms with Crippen molar-refractivity contribution in [3.63, 3.8) is 0 Å². The Balaban J connectivity index is 2.13. The van der Waals surface area contributed by atoms with Crippen molar-refractivity contribution in [1.29, 1.82) is 0 Å². The molecule has 0 aromatic rings. The van der Waals surface area contributed by atoms with Gasteiger partial charge in [-0.05, 0) is 32.2 Å². The van der Waals surface area contributed by atoms with Gasteiger partial charge in [-0.25, -0.2) is 0 Å². The van der Waals surface area contributed by atoms with Crippen molar-refractivity contribution in [2.24, 2.45) is 5.92 Å². The van der Waals surface area contributed by atoms with E-state index in [9.17, 15) is 0 Å². The largest absolute Gasteiger partial charge is 0.379 e. The van der Waals surface area contributed by atoms with Crippen LogP contribution in [-0.4, -0.2) is 37.2 Å². The smallest absolute Gasteiger partial charge is 0.0619 e. The average molecular weight is 227 g/mol. The summed E-state index contributed by atoms with van der Waals surface area (Å²) in [6, 6.07) is 0.625. The lowest BCUT2D eigenvalue weighted by Gasteiger charge is -2.33. The second-order valence-corrected chi connectivity index (χ2v) is 5.17. The second-order valence-electron chi connectivity index (χ2n) is 5.17. The summed E-state index contributed by atoms with van der Waals surface area (Å²) >= 11 is 0. The molecule has 0 saturated carbocycles. The summed E-state index contributed by atoms with van der Waals surface area (Å²) in [4.78, 5) is 2.59. The molecule has 0 aromatic carbocycles. The molecular formula is C14H29NO. The average Bonchev–Trinajstić information content (AvgIpc) is 2.30. The first-order valence-electron chi connectivity index (χ1n) is 7.09. The molecule has 0 spiro atoms. The number of rotatable bonds is 7. The molecule has 16 heavy (non-hydrogen) atoms. The lowest BCUT2D eigenvalue weighted by Crippen LogP contribution is -2.44. The normalized spacial score (nSPS) is 24.6. The second kappa shape index (κ2) is 8.08. The number of morpholine rings is 1. The highest BCUT2D eigenvalue weighted by atomic mass is 16.5. The molecule has 2 unspecified atom stereocenters. The van der Waals surface area contributed by atoms with Gasteiger partial charge in [-0.15, -0.1) is 0 Å². The standard InChI is InChI=1S/C14H29NO/c1-4-7-14(5-2)8-6-9-15-10-11-16-12-13(15)3/h13-14H,4-12H2,1-3H3. The number of hydrogen-bond donors (Lipinski definition) is 0. The molecule has 0 aliphatic carbocycles. The number of ether oxygens (including phenoxy) is 1. The number of nitrogens with zero attached hydrogens (tertiary/aromatic N) is 1. The molecule has 1 fully saturated rings. The van der Waals surface area contributed by atoms with E-state index in [0.717, 1.165) is 25.7 Å². The Labute approximate surface area is 101 Å². The maximum atomic E-state index is 5.46. The van der Waals surface area contributed by atoms with Crippen molar-refractivity contribution in [2.75, 3.05) is 26.3 Å². The topological polar surface area (TPSA) is 12.5 Å². The maximum Gasteiger partial charge on any atom is 0.0619 e. The minimum atomic E-state index is 0.625. The van der Waals surface area contributed by atoms with Gasteiger partial charge >= 0.3 is 0 Å². The van der Waals surface area contributed by atoms with E-state index in [4.69, 9.17) is 4.74 Å². The summed E-state index contributed by atoms with van der Waals surface area (Å²) in [5, 5.41) is 0. The summed E-state index contributed by atoms with van der Waals surface area (Å²) in [5.74, 6) is 0.960. The Hall–Kier alpha value is -0.0800. The van der Waals surface area contributed by atoms with Crippen LogP contribution in [0.25, 0.3) is 0 Å². The third kappa shape index (κ3) is 4.84. The zero-order valence-electron chi connectivity index (χ0n) is 11.4. The molecule has 1 heterocycles. The third-order valence-corrected chi connectivity index (χ3v) is 3.84. The van der Waals surface area contributed by atoms with Gasteiger partial charge in [-0.2, -0.15) is 0 Å². The van der Waals surface area contributed by atoms with Gasteiger partial charge in [-0.1, -0.05) is 33.1 Å². The Bertz CT molecular complexity index is 172. The summed E-state index contributed by atoms with van der Waals surface area (Å²) in [6.45, 7) is 11.2. The van der Waals surface area contributed by atoms with Crippen molar-refractivity contribution in [1.82, 2.24) is 4.90 Å². The van der Waals surface area contributed by atoms with Crippen molar-refractivity contribution >= 4 is 0 Å². The summed E-state index contributed by atoms with van der Waals surface area (Å²) < 4.78 is 5.46. The Morgan fingerprint density at radius 2 is 2.12 bits per heavy atom. The predicted molar refractivity (Wildman–Crippen MR) is 69.8 cm³/mol. The highest BCUT2D eigenvalue weighted by Crippen LogP contribution is 2.18. The van der Waals surface area contributed by atoms with Crippen LogP contribution in [0.5, 0.6) is 0 Å². The number of hydrogen-bond acceptors (Lipinski definition) is 2. The fourth-order valence-corrected chi connectivity index (χ4v) is 2.64. The van der Waals surface area contributed by atoms with E-state index in [1.807, 2.05) is 0 Å². The molecule has 0 radical (unpaired) electrons. The van der Waals surface area contributed by atoms with Gasteiger partial charge in [0.2, 0.25) is 0 Å². The molecule has 0 bridgehead atoms. The van der Waals surface area contributed by atoms with Crippen LogP contribution in [0.1, 0.15) is 52.9 Å². The molecule has 2 heteroatoms. The van der Waals surface area contributed by atoms with Crippen LogP contribution < -0.4 is 0 Å². The molecule has 1 aliphatic rings. The van der Waals surface area contributed by atoms with E-state index >= 15 is 0 Å². The Kier molecular flexibility index (Phi) is 7.06. The Morgan fingerprint density at radius 1 is 1.31 bits per heavy atom. The van der Waals surface area contributed by atoms with Gasteiger partial charge < -0.3 is 4.74 Å². The first kappa shape index (κ1) is 14.0. The zero-order chi connectivity index (χ0) is 11.8. The van der Waals surface area contributed by atoms with E-state index in [-0.39, 0.29) is 0 Å². The molecule has 0 aromatic heterocycles. The van der Waals surface area contributed by atoms with Crippen LogP contribution in [0.15, 0.2) is 0 Å². The summed E-state index contributed by atoms with van der Waals surface area (Å²) in [7, 11) is 0. The van der Waals surface area contributed by atoms with Gasteiger partial charge in [0.15, 0.2) is 0 Å². The lowest BCUT2D eigenvalue weighted by molar-refractivity contribution is -0.00137. The fraction of sp³-hybridized carbons (Fsp3) is 1.00. The minimum absolute atomic E-state index is 0.625. The Morgan fingerprint density at radius 3 is 2.75 bits per heavy atom. The van der Waals surface area contributed by atoms with Gasteiger partial charge in [0.1, 0.15) is 0 Å². The van der Waals surface area contributed by atoms with Gasteiger partial charge in [0, 0.05) is 12.6 Å². The van der Waals surface area contributed by atoms with Crippen LogP contribution in [0.4, 0.5) is 0 Å². The fourth-order valence-electron chi connectivity index (χ4n) is 2.64. The first-order chi connectivity index (χ1) is 7.77. The molecule has 1 saturated heterocycles. The molecule has 1 rings (SSSR count). The third-order valence-electron chi connectivity index (χ3n) is 3.84. The lowest BCUT2D eigenvalue weighted by atomic mass is 9.95. The predicted octanol–water partition coefficient (Wildman–Crippen LogP) is 3.31. The van der Waals surface area contributed by atoms with Gasteiger partial charge in [0.25, 0.3) is 0 Å². The molecular weight excluding hydrogens is 198 g/mol. The van der Waals surface area contributed by atoms with Crippen molar-refractivity contribution < 1.29 is 4.74 Å². The van der Waals surface area contributed by atoms with E-state index in [2.05, 4.69) is 25.7 Å². The summed E-state index contributed by atoms with van der Waals surface area (Å²) in [5.41, 5.74) is 0. The highest BCUT2D eigenvalue weighted by molar-refractivity contribution is 4.71. The molecule has 96 valence electrons. The minimum Gasteiger partial charge on any atom is -0.379 e. The van der Waals surface area contributed by atoms with Crippen molar-refractivity contribution in [3.05, 3.63) is 0 Å². The van der Waals surface area contributed by atoms with E-state index in [0.29, 0.717) is 6.04 Å². The van der Waals surface area contributed by atoms with Crippen LogP contribution >= 0.6 is 0 Å². The zero-order valence-corrected chi connectivity index (χ0v) is 11.4. The van der Waals surface area contributed by atoms with Gasteiger partial charge in [-0.3, -0.25) is 4.90 Å². The van der Waals surface area contributed by atoms with E-state index in [1.165, 1.54) is 38.6 Å². The van der Waals surface area contributed by atoms with E-state index < -0.39 is 0 Å². The quantitative estimate of drug-likeness (QED) is 0.661. The maximum absolute atomic E-state index is 5.46. The van der Waals surface area contributed by atoms with Gasteiger partial charge in [0.05, 0.1) is 13.2 Å². The van der Waals surface area contributed by atoms with Crippen molar-refractivity contribution in [2.45, 2.75) is 58.9 Å². The van der Waals surface area contributed by atoms with Crippen LogP contribution in [0, 0.1) is 5.92 Å². The highest BCUT2D eigenvalue weighted by Gasteiger charge is 2.18. The molecule has 1 aliphatic heterocycles. The van der Waals surface area contributed by atoms with Crippen LogP contribution in [0.2, 0.25) is 0 Å². The SMILES string of the molecule is CCCC(CC)CCCN1CCOCC1C. The van der Waals surface area contributed by atoms with E-state index in [1.54, 1.807) is 0 Å². The first-order valence-corrected chi connectivity index (χ1v) is 7.09. The molecule has 0 N–H and O–H groups in total. The monoisotopic (exact) mass is 227 g/mol. The van der Waals surface area contributed by atoms with Crippen molar-refractivity contribution in [3.8, 4) is 0 Å².